The van der Waals surface area contributed by atoms with Gasteiger partial charge in [-0.2, -0.15) is 9.57 Å². The molecule has 1 heterocycles. The first-order valence-electron chi connectivity index (χ1n) is 6.52. The monoisotopic (exact) mass is 296 g/mol. The van der Waals surface area contributed by atoms with Gasteiger partial charge in [-0.1, -0.05) is 0 Å². The van der Waals surface area contributed by atoms with Gasteiger partial charge in [0.1, 0.15) is 0 Å². The van der Waals surface area contributed by atoms with Crippen LogP contribution in [0, 0.1) is 11.3 Å². The molecule has 0 bridgehead atoms. The molecule has 1 N–H and O–H groups in total. The van der Waals surface area contributed by atoms with Crippen molar-refractivity contribution in [3.63, 3.8) is 0 Å². The maximum Gasteiger partial charge on any atom is 0.262 e. The van der Waals surface area contributed by atoms with Crippen molar-refractivity contribution in [3.05, 3.63) is 18.3 Å². The molecule has 0 saturated heterocycles. The lowest BCUT2D eigenvalue weighted by Crippen LogP contribution is -2.38. The first-order chi connectivity index (χ1) is 9.45. The van der Waals surface area contributed by atoms with E-state index in [1.807, 2.05) is 13.0 Å². The Hall–Kier alpha value is -1.65. The molecule has 0 aliphatic rings. The van der Waals surface area contributed by atoms with Crippen molar-refractivity contribution in [2.45, 2.75) is 38.3 Å². The molecule has 1 aromatic rings. The number of sulfonamides is 1. The van der Waals surface area contributed by atoms with E-state index in [4.69, 9.17) is 5.26 Å². The second kappa shape index (κ2) is 7.22. The Morgan fingerprint density at radius 3 is 2.75 bits per heavy atom. The van der Waals surface area contributed by atoms with E-state index in [0.29, 0.717) is 12.2 Å². The van der Waals surface area contributed by atoms with Crippen LogP contribution >= 0.6 is 0 Å². The molecule has 0 aliphatic heterocycles. The van der Waals surface area contributed by atoms with Gasteiger partial charge in [-0.25, -0.2) is 13.4 Å². The maximum atomic E-state index is 12.7. The average molecular weight is 296 g/mol. The van der Waals surface area contributed by atoms with Crippen molar-refractivity contribution in [1.29, 1.82) is 5.26 Å². The molecular weight excluding hydrogens is 276 g/mol. The van der Waals surface area contributed by atoms with Gasteiger partial charge in [-0.3, -0.25) is 0 Å². The quantitative estimate of drug-likeness (QED) is 0.829. The summed E-state index contributed by atoms with van der Waals surface area (Å²) in [5.41, 5.74) is 0.484. The van der Waals surface area contributed by atoms with E-state index in [9.17, 15) is 8.42 Å². The Kier molecular flexibility index (Phi) is 5.92. The van der Waals surface area contributed by atoms with Gasteiger partial charge in [0.25, 0.3) is 10.0 Å². The number of hydrogen-bond donors (Lipinski definition) is 1. The van der Waals surface area contributed by atoms with E-state index in [0.717, 1.165) is 0 Å². The molecule has 0 fully saturated rings. The van der Waals surface area contributed by atoms with E-state index in [1.165, 1.54) is 10.5 Å². The molecule has 1 rings (SSSR count). The number of nitrogens with one attached hydrogen (secondary N) is 1. The van der Waals surface area contributed by atoms with Crippen molar-refractivity contribution in [2.75, 3.05) is 18.4 Å². The number of nitriles is 1. The van der Waals surface area contributed by atoms with Crippen LogP contribution in [0.2, 0.25) is 0 Å². The molecule has 20 heavy (non-hydrogen) atoms. The van der Waals surface area contributed by atoms with Gasteiger partial charge in [0.15, 0.2) is 5.03 Å². The smallest absolute Gasteiger partial charge is 0.262 e. The van der Waals surface area contributed by atoms with Crippen LogP contribution in [0.4, 0.5) is 5.69 Å². The molecule has 110 valence electrons. The minimum atomic E-state index is -3.72. The predicted molar refractivity (Wildman–Crippen MR) is 77.7 cm³/mol. The molecule has 0 aromatic carbocycles. The molecule has 0 unspecified atom stereocenters. The molecule has 0 spiro atoms. The van der Waals surface area contributed by atoms with Crippen molar-refractivity contribution in [1.82, 2.24) is 9.29 Å². The summed E-state index contributed by atoms with van der Waals surface area (Å²) in [5, 5.41) is 11.7. The lowest BCUT2D eigenvalue weighted by Gasteiger charge is -2.25. The molecule has 6 nitrogen and oxygen atoms in total. The normalized spacial score (nSPS) is 11.6. The number of hydrogen-bond acceptors (Lipinski definition) is 5. The van der Waals surface area contributed by atoms with Crippen LogP contribution in [-0.2, 0) is 10.0 Å². The standard InChI is InChI=1S/C13H20N4O2S/c1-4-15-12-7-5-9-16-13(12)20(18,19)17(11(2)3)10-6-8-14/h5,7,9,11,15H,4,6,10H2,1-3H3. The van der Waals surface area contributed by atoms with Crippen molar-refractivity contribution in [3.8, 4) is 6.07 Å². The fourth-order valence-electron chi connectivity index (χ4n) is 1.85. The lowest BCUT2D eigenvalue weighted by atomic mass is 10.3. The number of anilines is 1. The van der Waals surface area contributed by atoms with Crippen LogP contribution in [0.3, 0.4) is 0 Å². The number of nitrogens with zero attached hydrogens (tertiary/aromatic N) is 3. The highest BCUT2D eigenvalue weighted by atomic mass is 32.2. The summed E-state index contributed by atoms with van der Waals surface area (Å²) in [6.45, 7) is 6.22. The fourth-order valence-corrected chi connectivity index (χ4v) is 3.57. The molecule has 0 aliphatic carbocycles. The van der Waals surface area contributed by atoms with Crippen molar-refractivity contribution < 1.29 is 8.42 Å². The van der Waals surface area contributed by atoms with Gasteiger partial charge < -0.3 is 5.32 Å². The highest BCUT2D eigenvalue weighted by Crippen LogP contribution is 2.23. The van der Waals surface area contributed by atoms with E-state index in [-0.39, 0.29) is 24.0 Å². The minimum absolute atomic E-state index is 0.00786. The fraction of sp³-hybridized carbons (Fsp3) is 0.538. The van der Waals surface area contributed by atoms with E-state index in [1.54, 1.807) is 26.0 Å². The number of rotatable bonds is 7. The van der Waals surface area contributed by atoms with Gasteiger partial charge in [0.2, 0.25) is 0 Å². The first kappa shape index (κ1) is 16.4. The second-order valence-electron chi connectivity index (χ2n) is 4.50. The topological polar surface area (TPSA) is 86.1 Å². The van der Waals surface area contributed by atoms with Crippen LogP contribution in [0.15, 0.2) is 23.4 Å². The third kappa shape index (κ3) is 3.68. The lowest BCUT2D eigenvalue weighted by molar-refractivity contribution is 0.359. The third-order valence-corrected chi connectivity index (χ3v) is 4.75. The van der Waals surface area contributed by atoms with Gasteiger partial charge >= 0.3 is 0 Å². The zero-order chi connectivity index (χ0) is 15.2. The Bertz CT molecular complexity index is 578. The maximum absolute atomic E-state index is 12.7. The summed E-state index contributed by atoms with van der Waals surface area (Å²) in [7, 11) is -3.72. The van der Waals surface area contributed by atoms with Crippen molar-refractivity contribution >= 4 is 15.7 Å². The van der Waals surface area contributed by atoms with E-state index >= 15 is 0 Å². The first-order valence-corrected chi connectivity index (χ1v) is 7.96. The number of aromatic nitrogens is 1. The predicted octanol–water partition coefficient (Wildman–Crippen LogP) is 1.83. The molecular formula is C13H20N4O2S. The van der Waals surface area contributed by atoms with Crippen LogP contribution in [0.1, 0.15) is 27.2 Å². The summed E-state index contributed by atoms with van der Waals surface area (Å²) in [5.74, 6) is 0. The van der Waals surface area contributed by atoms with E-state index in [2.05, 4.69) is 10.3 Å². The average Bonchev–Trinajstić information content (AvgIpc) is 2.39. The molecule has 0 atom stereocenters. The van der Waals surface area contributed by atoms with Gasteiger partial charge in [0, 0.05) is 31.7 Å². The molecule has 0 radical (unpaired) electrons. The van der Waals surface area contributed by atoms with E-state index < -0.39 is 10.0 Å². The van der Waals surface area contributed by atoms with Crippen LogP contribution in [0.25, 0.3) is 0 Å². The molecule has 0 saturated carbocycles. The summed E-state index contributed by atoms with van der Waals surface area (Å²) in [6.07, 6.45) is 1.61. The largest absolute Gasteiger partial charge is 0.383 e. The Balaban J connectivity index is 3.23. The third-order valence-electron chi connectivity index (χ3n) is 2.71. The van der Waals surface area contributed by atoms with Crippen molar-refractivity contribution in [2.24, 2.45) is 0 Å². The SMILES string of the molecule is CCNc1cccnc1S(=O)(=O)N(CCC#N)C(C)C. The van der Waals surface area contributed by atoms with Gasteiger partial charge in [0.05, 0.1) is 11.8 Å². The Morgan fingerprint density at radius 1 is 1.50 bits per heavy atom. The highest BCUT2D eigenvalue weighted by molar-refractivity contribution is 7.89. The zero-order valence-corrected chi connectivity index (χ0v) is 12.8. The molecule has 0 amide bonds. The highest BCUT2D eigenvalue weighted by Gasteiger charge is 2.30. The summed E-state index contributed by atoms with van der Waals surface area (Å²) in [4.78, 5) is 4.01. The number of pyridine rings is 1. The van der Waals surface area contributed by atoms with Crippen LogP contribution < -0.4 is 5.32 Å². The summed E-state index contributed by atoms with van der Waals surface area (Å²) in [6, 6.07) is 5.12. The zero-order valence-electron chi connectivity index (χ0n) is 12.0. The van der Waals surface area contributed by atoms with Gasteiger partial charge in [-0.15, -0.1) is 0 Å². The minimum Gasteiger partial charge on any atom is -0.383 e. The molecule has 7 heteroatoms. The Morgan fingerprint density at radius 2 is 2.20 bits per heavy atom. The second-order valence-corrected chi connectivity index (χ2v) is 6.31. The molecule has 1 aromatic heterocycles. The van der Waals surface area contributed by atoms with Crippen LogP contribution in [0.5, 0.6) is 0 Å². The summed E-state index contributed by atoms with van der Waals surface area (Å²) >= 11 is 0. The Labute approximate surface area is 120 Å². The van der Waals surface area contributed by atoms with Gasteiger partial charge in [-0.05, 0) is 32.9 Å². The summed E-state index contributed by atoms with van der Waals surface area (Å²) < 4.78 is 26.7. The van der Waals surface area contributed by atoms with Crippen LogP contribution in [-0.4, -0.2) is 36.8 Å².